The number of nitrogens with one attached hydrogen (secondary N) is 2. The van der Waals surface area contributed by atoms with E-state index in [0.717, 1.165) is 43.8 Å². The van der Waals surface area contributed by atoms with Crippen molar-refractivity contribution < 1.29 is 4.79 Å². The van der Waals surface area contributed by atoms with Crippen LogP contribution in [0.1, 0.15) is 42.4 Å². The number of aromatic nitrogens is 1. The van der Waals surface area contributed by atoms with Crippen LogP contribution in [0.2, 0.25) is 0 Å². The number of carbonyl (C=O) groups excluding carboxylic acids is 1. The monoisotopic (exact) mass is 518 g/mol. The first-order valence-electron chi connectivity index (χ1n) is 13.4. The van der Waals surface area contributed by atoms with Gasteiger partial charge < -0.3 is 15.2 Å². The van der Waals surface area contributed by atoms with Crippen molar-refractivity contribution in [2.75, 3.05) is 39.0 Å². The lowest BCUT2D eigenvalue weighted by Gasteiger charge is -2.33. The predicted octanol–water partition coefficient (Wildman–Crippen LogP) is 5.43. The van der Waals surface area contributed by atoms with E-state index in [-0.39, 0.29) is 5.91 Å². The van der Waals surface area contributed by atoms with Crippen molar-refractivity contribution in [3.63, 3.8) is 0 Å². The van der Waals surface area contributed by atoms with E-state index in [2.05, 4.69) is 74.2 Å². The van der Waals surface area contributed by atoms with Crippen LogP contribution < -0.4 is 5.32 Å². The van der Waals surface area contributed by atoms with Gasteiger partial charge in [0.05, 0.1) is 0 Å². The smallest absolute Gasteiger partial charge is 0.243 e. The van der Waals surface area contributed by atoms with E-state index in [1.807, 2.05) is 6.08 Å². The van der Waals surface area contributed by atoms with Crippen LogP contribution in [-0.2, 0) is 17.8 Å². The minimum Gasteiger partial charge on any atom is -0.361 e. The van der Waals surface area contributed by atoms with Gasteiger partial charge in [0.1, 0.15) is 0 Å². The Labute approximate surface area is 223 Å². The van der Waals surface area contributed by atoms with Crippen LogP contribution in [-0.4, -0.2) is 70.8 Å². The van der Waals surface area contributed by atoms with Crippen molar-refractivity contribution in [1.29, 1.82) is 0 Å². The molecule has 2 N–H and O–H groups in total. The number of H-pyrrole nitrogens is 1. The number of rotatable bonds is 12. The van der Waals surface area contributed by atoms with Gasteiger partial charge in [-0.25, -0.2) is 0 Å². The molecule has 37 heavy (non-hydrogen) atoms. The van der Waals surface area contributed by atoms with Gasteiger partial charge in [0.15, 0.2) is 0 Å². The Morgan fingerprint density at radius 1 is 1.11 bits per heavy atom. The van der Waals surface area contributed by atoms with E-state index in [1.165, 1.54) is 54.4 Å². The minimum absolute atomic E-state index is 0.0976. The summed E-state index contributed by atoms with van der Waals surface area (Å²) in [6.45, 7) is 5.38. The lowest BCUT2D eigenvalue weighted by atomic mass is 10.1. The maximum Gasteiger partial charge on any atom is 0.243 e. The highest BCUT2D eigenvalue weighted by atomic mass is 32.2. The summed E-state index contributed by atoms with van der Waals surface area (Å²) in [7, 11) is 0.205. The quantitative estimate of drug-likeness (QED) is 0.248. The lowest BCUT2D eigenvalue weighted by molar-refractivity contribution is -0.115. The summed E-state index contributed by atoms with van der Waals surface area (Å²) in [6.07, 6.45) is 11.7. The molecule has 0 saturated carbocycles. The minimum atomic E-state index is -1.43. The van der Waals surface area contributed by atoms with Gasteiger partial charge in [0.25, 0.3) is 0 Å². The van der Waals surface area contributed by atoms with Crippen molar-refractivity contribution in [3.8, 4) is 0 Å². The van der Waals surface area contributed by atoms with E-state index in [1.54, 1.807) is 13.1 Å². The third kappa shape index (κ3) is 7.84. The number of aromatic amines is 1. The van der Waals surface area contributed by atoms with Gasteiger partial charge in [0, 0.05) is 43.3 Å². The Bertz CT molecular complexity index is 1280. The first-order chi connectivity index (χ1) is 17.9. The molecule has 0 bridgehead atoms. The molecule has 1 aromatic heterocycles. The predicted molar refractivity (Wildman–Crippen MR) is 164 cm³/mol. The normalized spacial score (nSPS) is 15.1. The molecule has 0 spiro atoms. The molecule has 0 unspecified atom stereocenters. The Hall–Kier alpha value is -2.80. The molecule has 1 aliphatic heterocycles. The fourth-order valence-electron chi connectivity index (χ4n) is 5.06. The summed E-state index contributed by atoms with van der Waals surface area (Å²) in [6, 6.07) is 17.0. The van der Waals surface area contributed by atoms with Gasteiger partial charge >= 0.3 is 0 Å². The lowest BCUT2D eigenvalue weighted by Crippen LogP contribution is -2.31. The number of para-hydroxylation sites is 1. The van der Waals surface area contributed by atoms with E-state index in [9.17, 15) is 4.79 Å². The van der Waals surface area contributed by atoms with Crippen LogP contribution in [0.3, 0.4) is 0 Å². The Morgan fingerprint density at radius 3 is 2.62 bits per heavy atom. The molecule has 0 radical (unpaired) electrons. The van der Waals surface area contributed by atoms with Crippen LogP contribution in [0.15, 0.2) is 60.8 Å². The van der Waals surface area contributed by atoms with Crippen molar-refractivity contribution in [2.24, 2.45) is 0 Å². The Balaban J connectivity index is 1.45. The highest BCUT2D eigenvalue weighted by Crippen LogP contribution is 2.30. The molecule has 0 atom stereocenters. The van der Waals surface area contributed by atoms with E-state index in [0.29, 0.717) is 0 Å². The van der Waals surface area contributed by atoms with Crippen molar-refractivity contribution in [2.45, 2.75) is 38.6 Å². The Morgan fingerprint density at radius 2 is 1.86 bits per heavy atom. The molecule has 5 nitrogen and oxygen atoms in total. The molecule has 4 rings (SSSR count). The van der Waals surface area contributed by atoms with Crippen LogP contribution in [0.5, 0.6) is 0 Å². The van der Waals surface area contributed by atoms with E-state index < -0.39 is 9.39 Å². The maximum atomic E-state index is 11.5. The van der Waals surface area contributed by atoms with Gasteiger partial charge in [-0.3, -0.25) is 9.10 Å². The fraction of sp³-hybridized carbons (Fsp3) is 0.387. The van der Waals surface area contributed by atoms with Crippen molar-refractivity contribution in [1.82, 2.24) is 19.5 Å². The summed E-state index contributed by atoms with van der Waals surface area (Å²) < 4.78 is 2.53. The number of carbonyl (C=O) groups is 1. The molecule has 2 aromatic carbocycles. The van der Waals surface area contributed by atoms with Gasteiger partial charge in [-0.2, -0.15) is 9.39 Å². The van der Waals surface area contributed by atoms with Gasteiger partial charge in [0.2, 0.25) is 5.91 Å². The summed E-state index contributed by atoms with van der Waals surface area (Å²) >= 11 is 0. The SMILES string of the molecule is C=S(=C)(CCCN1CCCCC1)N(CCc1c[nH]c2ccccc12)Cc1ccc(/C=C/C(=O)NC)cc1. The number of amides is 1. The number of benzene rings is 2. The van der Waals surface area contributed by atoms with Gasteiger partial charge in [-0.15, -0.1) is 0 Å². The number of hydrogen-bond acceptors (Lipinski definition) is 3. The average molecular weight is 519 g/mol. The van der Waals surface area contributed by atoms with Crippen molar-refractivity contribution in [3.05, 3.63) is 77.5 Å². The molecule has 1 aliphatic rings. The zero-order chi connectivity index (χ0) is 26.1. The highest BCUT2D eigenvalue weighted by molar-refractivity contribution is 8.25. The third-order valence-corrected chi connectivity index (χ3v) is 9.77. The second kappa shape index (κ2) is 13.1. The Kier molecular flexibility index (Phi) is 9.67. The van der Waals surface area contributed by atoms with Crippen LogP contribution in [0, 0.1) is 0 Å². The number of piperidine rings is 1. The molecule has 1 fully saturated rings. The number of likely N-dealkylation sites (tertiary alicyclic amines) is 1. The van der Waals surface area contributed by atoms with Crippen LogP contribution in [0.4, 0.5) is 0 Å². The second-order valence-corrected chi connectivity index (χ2v) is 13.0. The number of hydrogen-bond donors (Lipinski definition) is 2. The first-order valence-corrected chi connectivity index (χ1v) is 15.5. The summed E-state index contributed by atoms with van der Waals surface area (Å²) in [5.41, 5.74) is 4.80. The molecule has 2 heterocycles. The summed E-state index contributed by atoms with van der Waals surface area (Å²) in [4.78, 5) is 17.6. The van der Waals surface area contributed by atoms with Crippen molar-refractivity contribution >= 4 is 44.0 Å². The van der Waals surface area contributed by atoms with E-state index >= 15 is 0 Å². The van der Waals surface area contributed by atoms with Crippen LogP contribution >= 0.6 is 9.39 Å². The highest BCUT2D eigenvalue weighted by Gasteiger charge is 2.15. The van der Waals surface area contributed by atoms with Gasteiger partial charge in [-0.1, -0.05) is 60.6 Å². The molecular weight excluding hydrogens is 476 g/mol. The van der Waals surface area contributed by atoms with E-state index in [4.69, 9.17) is 11.7 Å². The standard InChI is InChI=1S/C31H42N4OS/c1-32-31(36)17-16-26-12-14-27(15-13-26)25-35(22-18-28-24-33-30-11-6-5-10-29(28)30)37(2,3)23-9-21-34-19-7-4-8-20-34/h5-6,10-17,24,33H,2-4,7-9,18-23,25H2,1H3,(H,32,36)/b17-16+. The van der Waals surface area contributed by atoms with Crippen LogP contribution in [0.25, 0.3) is 17.0 Å². The second-order valence-electron chi connectivity index (χ2n) is 10.1. The summed E-state index contributed by atoms with van der Waals surface area (Å²) in [5.74, 6) is 10.4. The number of fused-ring (bicyclic) bond motifs is 1. The molecule has 6 heteroatoms. The zero-order valence-corrected chi connectivity index (χ0v) is 23.1. The number of likely N-dealkylation sites (N-methyl/N-ethyl adjacent to an activating group) is 1. The maximum absolute atomic E-state index is 11.5. The molecule has 1 saturated heterocycles. The number of nitrogens with zero attached hydrogens (tertiary/aromatic N) is 2. The third-order valence-electron chi connectivity index (χ3n) is 7.31. The van der Waals surface area contributed by atoms with Gasteiger partial charge in [-0.05, 0) is 79.9 Å². The fourth-order valence-corrected chi connectivity index (χ4v) is 6.88. The topological polar surface area (TPSA) is 51.4 Å². The molecule has 1 amide bonds. The molecule has 3 aromatic rings. The molecular formula is C31H42N4OS. The largest absolute Gasteiger partial charge is 0.361 e. The molecule has 0 aliphatic carbocycles. The zero-order valence-electron chi connectivity index (χ0n) is 22.3. The molecule has 198 valence electrons. The summed E-state index contributed by atoms with van der Waals surface area (Å²) in [5, 5.41) is 3.91. The first kappa shape index (κ1) is 27.2. The average Bonchev–Trinajstić information content (AvgIpc) is 3.33.